The number of hydrogen-bond acceptors (Lipinski definition) is 2. The topological polar surface area (TPSA) is 15.3 Å². The Morgan fingerprint density at radius 2 is 2.05 bits per heavy atom. The molecular weight excluding hydrogens is 263 g/mol. The van der Waals surface area contributed by atoms with Gasteiger partial charge >= 0.3 is 0 Å². The first kappa shape index (κ1) is 14.6. The van der Waals surface area contributed by atoms with Gasteiger partial charge in [-0.2, -0.15) is 0 Å². The molecule has 2 rings (SSSR count). The summed E-state index contributed by atoms with van der Waals surface area (Å²) in [7, 11) is 0. The molecule has 0 amide bonds. The Morgan fingerprint density at radius 3 is 2.63 bits per heavy atom. The predicted octanol–water partition coefficient (Wildman–Crippen LogP) is 3.69. The van der Waals surface area contributed by atoms with Crippen molar-refractivity contribution >= 4 is 17.3 Å². The SMILES string of the molecule is CC1CNC(C(C)(C)C)CN1c1ccc(Cl)c(F)c1. The molecule has 1 aliphatic heterocycles. The van der Waals surface area contributed by atoms with Crippen LogP contribution in [0.3, 0.4) is 0 Å². The van der Waals surface area contributed by atoms with Crippen molar-refractivity contribution in [1.29, 1.82) is 0 Å². The summed E-state index contributed by atoms with van der Waals surface area (Å²) in [6.45, 7) is 10.6. The van der Waals surface area contributed by atoms with Crippen LogP contribution in [0, 0.1) is 11.2 Å². The maximum atomic E-state index is 13.6. The van der Waals surface area contributed by atoms with Crippen molar-refractivity contribution in [2.75, 3.05) is 18.0 Å². The predicted molar refractivity (Wildman–Crippen MR) is 79.5 cm³/mol. The van der Waals surface area contributed by atoms with Crippen LogP contribution in [0.1, 0.15) is 27.7 Å². The molecule has 0 aromatic heterocycles. The maximum Gasteiger partial charge on any atom is 0.143 e. The summed E-state index contributed by atoms with van der Waals surface area (Å²) >= 11 is 5.75. The van der Waals surface area contributed by atoms with E-state index in [0.29, 0.717) is 12.1 Å². The lowest BCUT2D eigenvalue weighted by Crippen LogP contribution is -2.59. The fourth-order valence-electron chi connectivity index (χ4n) is 2.47. The highest BCUT2D eigenvalue weighted by molar-refractivity contribution is 6.30. The Labute approximate surface area is 119 Å². The number of rotatable bonds is 1. The van der Waals surface area contributed by atoms with E-state index in [1.54, 1.807) is 6.07 Å². The van der Waals surface area contributed by atoms with Gasteiger partial charge in [-0.1, -0.05) is 32.4 Å². The molecular formula is C15H22ClFN2. The van der Waals surface area contributed by atoms with Crippen LogP contribution in [-0.4, -0.2) is 25.2 Å². The summed E-state index contributed by atoms with van der Waals surface area (Å²) < 4.78 is 13.6. The fourth-order valence-corrected chi connectivity index (χ4v) is 2.59. The van der Waals surface area contributed by atoms with Crippen molar-refractivity contribution < 1.29 is 4.39 Å². The van der Waals surface area contributed by atoms with E-state index < -0.39 is 0 Å². The van der Waals surface area contributed by atoms with Gasteiger partial charge in [0.15, 0.2) is 0 Å². The van der Waals surface area contributed by atoms with E-state index in [1.165, 1.54) is 6.07 Å². The highest BCUT2D eigenvalue weighted by Gasteiger charge is 2.32. The van der Waals surface area contributed by atoms with E-state index in [0.717, 1.165) is 18.8 Å². The Morgan fingerprint density at radius 1 is 1.37 bits per heavy atom. The molecule has 1 saturated heterocycles. The average Bonchev–Trinajstić information content (AvgIpc) is 2.32. The van der Waals surface area contributed by atoms with E-state index in [2.05, 4.69) is 37.9 Å². The number of benzene rings is 1. The minimum atomic E-state index is -0.350. The Kier molecular flexibility index (Phi) is 4.07. The van der Waals surface area contributed by atoms with E-state index in [4.69, 9.17) is 11.6 Å². The summed E-state index contributed by atoms with van der Waals surface area (Å²) in [4.78, 5) is 2.26. The second-order valence-electron chi connectivity index (χ2n) is 6.43. The minimum Gasteiger partial charge on any atom is -0.366 e. The van der Waals surface area contributed by atoms with Crippen molar-refractivity contribution in [3.05, 3.63) is 29.0 Å². The summed E-state index contributed by atoms with van der Waals surface area (Å²) in [6, 6.07) is 5.80. The van der Waals surface area contributed by atoms with Crippen molar-refractivity contribution in [3.63, 3.8) is 0 Å². The number of nitrogens with one attached hydrogen (secondary N) is 1. The molecule has 0 radical (unpaired) electrons. The van der Waals surface area contributed by atoms with Crippen LogP contribution < -0.4 is 10.2 Å². The summed E-state index contributed by atoms with van der Waals surface area (Å²) in [5.74, 6) is -0.350. The van der Waals surface area contributed by atoms with Gasteiger partial charge in [-0.15, -0.1) is 0 Å². The number of hydrogen-bond donors (Lipinski definition) is 1. The third-order valence-corrected chi connectivity index (χ3v) is 4.16. The van der Waals surface area contributed by atoms with E-state index >= 15 is 0 Å². The van der Waals surface area contributed by atoms with Gasteiger partial charge in [0.1, 0.15) is 5.82 Å². The van der Waals surface area contributed by atoms with Crippen molar-refractivity contribution in [3.8, 4) is 0 Å². The maximum absolute atomic E-state index is 13.6. The highest BCUT2D eigenvalue weighted by atomic mass is 35.5. The number of halogens is 2. The monoisotopic (exact) mass is 284 g/mol. The lowest BCUT2D eigenvalue weighted by atomic mass is 9.84. The average molecular weight is 285 g/mol. The molecule has 1 aromatic rings. The van der Waals surface area contributed by atoms with E-state index in [-0.39, 0.29) is 16.3 Å². The quantitative estimate of drug-likeness (QED) is 0.846. The minimum absolute atomic E-state index is 0.180. The van der Waals surface area contributed by atoms with Gasteiger partial charge in [-0.3, -0.25) is 0 Å². The van der Waals surface area contributed by atoms with Gasteiger partial charge < -0.3 is 10.2 Å². The van der Waals surface area contributed by atoms with Crippen LogP contribution in [0.4, 0.5) is 10.1 Å². The van der Waals surface area contributed by atoms with Crippen LogP contribution >= 0.6 is 11.6 Å². The summed E-state index contributed by atoms with van der Waals surface area (Å²) in [5, 5.41) is 3.75. The molecule has 1 fully saturated rings. The molecule has 1 aliphatic rings. The molecule has 1 aromatic carbocycles. The normalized spacial score (nSPS) is 24.6. The van der Waals surface area contributed by atoms with Crippen molar-refractivity contribution in [2.45, 2.75) is 39.8 Å². The summed E-state index contributed by atoms with van der Waals surface area (Å²) in [6.07, 6.45) is 0. The molecule has 2 unspecified atom stereocenters. The van der Waals surface area contributed by atoms with E-state index in [1.807, 2.05) is 6.07 Å². The van der Waals surface area contributed by atoms with Gasteiger partial charge in [0.05, 0.1) is 5.02 Å². The molecule has 0 aliphatic carbocycles. The fraction of sp³-hybridized carbons (Fsp3) is 0.600. The molecule has 0 saturated carbocycles. The standard InChI is InChI=1S/C15H22ClFN2/c1-10-8-18-14(15(2,3)4)9-19(10)11-5-6-12(16)13(17)7-11/h5-7,10,14,18H,8-9H2,1-4H3. The molecule has 2 atom stereocenters. The zero-order valence-corrected chi connectivity index (χ0v) is 12.8. The smallest absolute Gasteiger partial charge is 0.143 e. The lowest BCUT2D eigenvalue weighted by Gasteiger charge is -2.45. The largest absolute Gasteiger partial charge is 0.366 e. The van der Waals surface area contributed by atoms with Gasteiger partial charge in [-0.25, -0.2) is 4.39 Å². The highest BCUT2D eigenvalue weighted by Crippen LogP contribution is 2.29. The Hall–Kier alpha value is -0.800. The first-order valence-corrected chi connectivity index (χ1v) is 7.12. The van der Waals surface area contributed by atoms with Crippen LogP contribution in [0.2, 0.25) is 5.02 Å². The number of piperazine rings is 1. The molecule has 1 heterocycles. The molecule has 0 spiro atoms. The molecule has 0 bridgehead atoms. The third-order valence-electron chi connectivity index (χ3n) is 3.85. The molecule has 106 valence electrons. The number of anilines is 1. The van der Waals surface area contributed by atoms with Gasteiger partial charge in [0, 0.05) is 30.9 Å². The van der Waals surface area contributed by atoms with Crippen LogP contribution in [0.15, 0.2) is 18.2 Å². The first-order valence-electron chi connectivity index (χ1n) is 6.74. The molecule has 2 nitrogen and oxygen atoms in total. The lowest BCUT2D eigenvalue weighted by molar-refractivity contribution is 0.239. The summed E-state index contributed by atoms with van der Waals surface area (Å²) in [5.41, 5.74) is 1.09. The molecule has 1 N–H and O–H groups in total. The third kappa shape index (κ3) is 3.21. The van der Waals surface area contributed by atoms with Crippen molar-refractivity contribution in [2.24, 2.45) is 5.41 Å². The van der Waals surface area contributed by atoms with E-state index in [9.17, 15) is 4.39 Å². The number of nitrogens with zero attached hydrogens (tertiary/aromatic N) is 1. The van der Waals surface area contributed by atoms with Crippen LogP contribution in [-0.2, 0) is 0 Å². The van der Waals surface area contributed by atoms with Crippen LogP contribution in [0.25, 0.3) is 0 Å². The molecule has 4 heteroatoms. The van der Waals surface area contributed by atoms with Crippen LogP contribution in [0.5, 0.6) is 0 Å². The second kappa shape index (κ2) is 5.29. The first-order chi connectivity index (χ1) is 8.79. The van der Waals surface area contributed by atoms with Gasteiger partial charge in [0.25, 0.3) is 0 Å². The Balaban J connectivity index is 2.23. The van der Waals surface area contributed by atoms with Gasteiger partial charge in [-0.05, 0) is 30.5 Å². The molecule has 19 heavy (non-hydrogen) atoms. The zero-order valence-electron chi connectivity index (χ0n) is 12.0. The zero-order chi connectivity index (χ0) is 14.2. The van der Waals surface area contributed by atoms with Gasteiger partial charge in [0.2, 0.25) is 0 Å². The Bertz CT molecular complexity index is 456. The second-order valence-corrected chi connectivity index (χ2v) is 6.83. The van der Waals surface area contributed by atoms with Crippen molar-refractivity contribution in [1.82, 2.24) is 5.32 Å².